The first kappa shape index (κ1) is 20.3. The summed E-state index contributed by atoms with van der Waals surface area (Å²) in [6.45, 7) is 7.31. The van der Waals surface area contributed by atoms with Gasteiger partial charge in [0.05, 0.1) is 11.1 Å². The zero-order valence-electron chi connectivity index (χ0n) is 18.1. The van der Waals surface area contributed by atoms with Crippen molar-refractivity contribution >= 4 is 17.3 Å². The molecule has 4 saturated heterocycles. The van der Waals surface area contributed by atoms with Crippen LogP contribution in [0.4, 0.5) is 15.8 Å². The van der Waals surface area contributed by atoms with Crippen molar-refractivity contribution in [3.8, 4) is 0 Å². The Morgan fingerprint density at radius 2 is 1.97 bits per heavy atom. The average Bonchev–Trinajstić information content (AvgIpc) is 3.49. The molecule has 4 heterocycles. The number of benzene rings is 1. The molecule has 1 aromatic rings. The molecule has 0 bridgehead atoms. The smallest absolute Gasteiger partial charge is 0.233 e. The van der Waals surface area contributed by atoms with E-state index in [1.54, 1.807) is 11.0 Å². The first-order chi connectivity index (χ1) is 14.6. The number of rotatable bonds is 4. The maximum Gasteiger partial charge on any atom is 0.233 e. The molecule has 0 aliphatic carbocycles. The number of carbonyl (C=O) groups is 1. The molecule has 4 aliphatic heterocycles. The maximum atomic E-state index is 15.1. The molecule has 0 N–H and O–H groups in total. The van der Waals surface area contributed by atoms with Crippen LogP contribution in [0.25, 0.3) is 0 Å². The molecule has 5 nitrogen and oxygen atoms in total. The Hall–Kier alpha value is -1.66. The fraction of sp³-hybridized carbons (Fsp3) is 0.708. The summed E-state index contributed by atoms with van der Waals surface area (Å²) in [4.78, 5) is 19.8. The van der Waals surface area contributed by atoms with E-state index in [9.17, 15) is 4.79 Å². The molecule has 2 unspecified atom stereocenters. The van der Waals surface area contributed by atoms with Gasteiger partial charge in [-0.2, -0.15) is 0 Å². The predicted octanol–water partition coefficient (Wildman–Crippen LogP) is 3.81. The Balaban J connectivity index is 1.28. The third-order valence-corrected chi connectivity index (χ3v) is 8.08. The van der Waals surface area contributed by atoms with Gasteiger partial charge >= 0.3 is 0 Å². The van der Waals surface area contributed by atoms with E-state index in [1.165, 1.54) is 25.8 Å². The Labute approximate surface area is 179 Å². The summed E-state index contributed by atoms with van der Waals surface area (Å²) in [6, 6.07) is 6.76. The number of likely N-dealkylation sites (tertiary alicyclic amines) is 1. The van der Waals surface area contributed by atoms with Crippen LogP contribution in [0.1, 0.15) is 51.9 Å². The summed E-state index contributed by atoms with van der Waals surface area (Å²) in [5, 5.41) is 0. The van der Waals surface area contributed by atoms with Gasteiger partial charge < -0.3 is 14.5 Å². The number of hydrogen-bond acceptors (Lipinski definition) is 4. The second-order valence-corrected chi connectivity index (χ2v) is 9.57. The van der Waals surface area contributed by atoms with Crippen LogP contribution < -0.4 is 9.80 Å². The van der Waals surface area contributed by atoms with Crippen molar-refractivity contribution in [3.63, 3.8) is 0 Å². The van der Waals surface area contributed by atoms with Crippen molar-refractivity contribution < 1.29 is 13.9 Å². The number of halogens is 1. The quantitative estimate of drug-likeness (QED) is 0.749. The second-order valence-electron chi connectivity index (χ2n) is 9.57. The Morgan fingerprint density at radius 3 is 2.73 bits per heavy atom. The Morgan fingerprint density at radius 1 is 1.13 bits per heavy atom. The number of nitrogens with zero attached hydrogens (tertiary/aromatic N) is 3. The lowest BCUT2D eigenvalue weighted by atomic mass is 9.79. The monoisotopic (exact) mass is 415 g/mol. The SMILES string of the molecule is CCC1CCCN1C1CCN(c2ccc(N3CCC4(CCOCC4)C3=O)c(F)c2)C1. The van der Waals surface area contributed by atoms with E-state index >= 15 is 4.39 Å². The molecular weight excluding hydrogens is 381 g/mol. The molecule has 6 heteroatoms. The fourth-order valence-electron chi connectivity index (χ4n) is 6.21. The van der Waals surface area contributed by atoms with E-state index in [4.69, 9.17) is 4.74 Å². The molecule has 5 rings (SSSR count). The summed E-state index contributed by atoms with van der Waals surface area (Å²) in [5.74, 6) is -0.195. The van der Waals surface area contributed by atoms with E-state index < -0.39 is 0 Å². The van der Waals surface area contributed by atoms with E-state index in [0.29, 0.717) is 37.5 Å². The van der Waals surface area contributed by atoms with Crippen LogP contribution >= 0.6 is 0 Å². The Bertz CT molecular complexity index is 795. The van der Waals surface area contributed by atoms with E-state index in [0.717, 1.165) is 44.5 Å². The van der Waals surface area contributed by atoms with E-state index in [2.05, 4.69) is 16.7 Å². The minimum absolute atomic E-state index is 0.0818. The summed E-state index contributed by atoms with van der Waals surface area (Å²) in [7, 11) is 0. The standard InChI is InChI=1S/C24H34FN3O2/c1-2-18-4-3-11-27(18)20-7-12-26(17-20)19-5-6-22(21(25)16-19)28-13-8-24(23(28)29)9-14-30-15-10-24/h5-6,16,18,20H,2-4,7-15,17H2,1H3. The normalized spacial score (nSPS) is 29.5. The highest BCUT2D eigenvalue weighted by Gasteiger charge is 2.48. The molecule has 1 spiro atoms. The minimum Gasteiger partial charge on any atom is -0.381 e. The highest BCUT2D eigenvalue weighted by Crippen LogP contribution is 2.43. The van der Waals surface area contributed by atoms with Crippen molar-refractivity contribution in [1.82, 2.24) is 4.90 Å². The molecule has 0 saturated carbocycles. The average molecular weight is 416 g/mol. The van der Waals surface area contributed by atoms with Crippen LogP contribution in [0.15, 0.2) is 18.2 Å². The van der Waals surface area contributed by atoms with E-state index in [1.807, 2.05) is 12.1 Å². The molecule has 1 aromatic carbocycles. The van der Waals surface area contributed by atoms with Crippen molar-refractivity contribution in [1.29, 1.82) is 0 Å². The largest absolute Gasteiger partial charge is 0.381 e. The highest BCUT2D eigenvalue weighted by atomic mass is 19.1. The predicted molar refractivity (Wildman–Crippen MR) is 116 cm³/mol. The first-order valence-electron chi connectivity index (χ1n) is 11.8. The first-order valence-corrected chi connectivity index (χ1v) is 11.8. The zero-order valence-corrected chi connectivity index (χ0v) is 18.1. The molecule has 1 amide bonds. The summed E-state index contributed by atoms with van der Waals surface area (Å²) < 4.78 is 20.6. The number of hydrogen-bond donors (Lipinski definition) is 0. The van der Waals surface area contributed by atoms with Gasteiger partial charge in [0.1, 0.15) is 5.82 Å². The highest BCUT2D eigenvalue weighted by molar-refractivity contribution is 6.00. The van der Waals surface area contributed by atoms with Gasteiger partial charge in [-0.15, -0.1) is 0 Å². The van der Waals surface area contributed by atoms with Crippen molar-refractivity contribution in [2.75, 3.05) is 49.2 Å². The molecule has 4 aliphatic rings. The minimum atomic E-state index is -0.336. The van der Waals surface area contributed by atoms with Crippen LogP contribution in [0.5, 0.6) is 0 Å². The van der Waals surface area contributed by atoms with Crippen LogP contribution in [0.3, 0.4) is 0 Å². The maximum absolute atomic E-state index is 15.1. The third kappa shape index (κ3) is 3.42. The summed E-state index contributed by atoms with van der Waals surface area (Å²) in [5.41, 5.74) is 1.05. The summed E-state index contributed by atoms with van der Waals surface area (Å²) in [6.07, 6.45) is 7.30. The lowest BCUT2D eigenvalue weighted by Crippen LogP contribution is -2.40. The molecule has 4 fully saturated rings. The number of carbonyl (C=O) groups excluding carboxylic acids is 1. The van der Waals surface area contributed by atoms with Crippen LogP contribution in [0.2, 0.25) is 0 Å². The number of amides is 1. The lowest BCUT2D eigenvalue weighted by molar-refractivity contribution is -0.130. The summed E-state index contributed by atoms with van der Waals surface area (Å²) >= 11 is 0. The van der Waals surface area contributed by atoms with Gasteiger partial charge in [-0.25, -0.2) is 4.39 Å². The zero-order chi connectivity index (χ0) is 20.7. The molecular formula is C24H34FN3O2. The van der Waals surface area contributed by atoms with Gasteiger partial charge in [-0.3, -0.25) is 9.69 Å². The third-order valence-electron chi connectivity index (χ3n) is 8.08. The molecule has 164 valence electrons. The topological polar surface area (TPSA) is 36.0 Å². The van der Waals surface area contributed by atoms with Crippen molar-refractivity contribution in [2.45, 2.75) is 64.0 Å². The number of ether oxygens (including phenoxy) is 1. The van der Waals surface area contributed by atoms with Gasteiger partial charge in [-0.1, -0.05) is 6.92 Å². The van der Waals surface area contributed by atoms with Gasteiger partial charge in [0.15, 0.2) is 0 Å². The van der Waals surface area contributed by atoms with Crippen LogP contribution in [0, 0.1) is 11.2 Å². The van der Waals surface area contributed by atoms with Crippen LogP contribution in [-0.2, 0) is 9.53 Å². The molecule has 0 aromatic heterocycles. The van der Waals surface area contributed by atoms with E-state index in [-0.39, 0.29) is 17.1 Å². The van der Waals surface area contributed by atoms with Gasteiger partial charge in [0, 0.05) is 50.6 Å². The molecule has 2 atom stereocenters. The fourth-order valence-corrected chi connectivity index (χ4v) is 6.21. The van der Waals surface area contributed by atoms with Crippen LogP contribution in [-0.4, -0.2) is 62.3 Å². The Kier molecular flexibility index (Phi) is 5.48. The molecule has 0 radical (unpaired) electrons. The molecule has 30 heavy (non-hydrogen) atoms. The van der Waals surface area contributed by atoms with Gasteiger partial charge in [0.2, 0.25) is 5.91 Å². The van der Waals surface area contributed by atoms with Crippen molar-refractivity contribution in [3.05, 3.63) is 24.0 Å². The van der Waals surface area contributed by atoms with Crippen molar-refractivity contribution in [2.24, 2.45) is 5.41 Å². The second kappa shape index (κ2) is 8.12. The lowest BCUT2D eigenvalue weighted by Gasteiger charge is -2.31. The van der Waals surface area contributed by atoms with Gasteiger partial charge in [0.25, 0.3) is 0 Å². The van der Waals surface area contributed by atoms with Gasteiger partial charge in [-0.05, 0) is 69.7 Å². The number of anilines is 2.